The molecule has 5 rings (SSSR count). The summed E-state index contributed by atoms with van der Waals surface area (Å²) in [4.78, 5) is 6.78. The molecule has 4 aromatic rings. The normalized spacial score (nSPS) is 13.7. The number of sulfonamides is 1. The van der Waals surface area contributed by atoms with Gasteiger partial charge in [-0.1, -0.05) is 17.7 Å². The number of benzene rings is 1. The molecule has 0 saturated carbocycles. The van der Waals surface area contributed by atoms with Gasteiger partial charge >= 0.3 is 0 Å². The molecule has 0 atom stereocenters. The number of halogens is 1. The summed E-state index contributed by atoms with van der Waals surface area (Å²) in [6.07, 6.45) is 5.21. The zero-order chi connectivity index (χ0) is 27.4. The Morgan fingerprint density at radius 2 is 1.85 bits per heavy atom. The van der Waals surface area contributed by atoms with Crippen molar-refractivity contribution in [1.29, 1.82) is 0 Å². The van der Waals surface area contributed by atoms with Gasteiger partial charge in [0.2, 0.25) is 21.8 Å². The molecule has 1 aliphatic rings. The van der Waals surface area contributed by atoms with E-state index in [1.165, 1.54) is 31.5 Å². The highest BCUT2D eigenvalue weighted by Gasteiger charge is 2.26. The third-order valence-corrected chi connectivity index (χ3v) is 8.00. The maximum absolute atomic E-state index is 13.3. The Morgan fingerprint density at radius 1 is 1.08 bits per heavy atom. The molecule has 4 heterocycles. The van der Waals surface area contributed by atoms with Crippen molar-refractivity contribution in [1.82, 2.24) is 24.6 Å². The Hall–Kier alpha value is -3.61. The van der Waals surface area contributed by atoms with Gasteiger partial charge in [-0.15, -0.1) is 10.2 Å². The molecule has 11 nitrogen and oxygen atoms in total. The van der Waals surface area contributed by atoms with Crippen LogP contribution in [0.4, 0.5) is 5.95 Å². The summed E-state index contributed by atoms with van der Waals surface area (Å²) in [5.41, 5.74) is 2.07. The zero-order valence-electron chi connectivity index (χ0n) is 21.6. The Labute approximate surface area is 231 Å². The lowest BCUT2D eigenvalue weighted by atomic mass is 10.1. The number of hydrogen-bond acceptors (Lipinski definition) is 9. The fourth-order valence-corrected chi connectivity index (χ4v) is 5.59. The summed E-state index contributed by atoms with van der Waals surface area (Å²) in [5, 5.41) is 8.89. The molecule has 0 radical (unpaired) electrons. The fraction of sp³-hybridized carbons (Fsp3) is 0.346. The average molecular weight is 573 g/mol. The van der Waals surface area contributed by atoms with Gasteiger partial charge in [0.25, 0.3) is 0 Å². The van der Waals surface area contributed by atoms with Gasteiger partial charge < -0.3 is 18.8 Å². The third-order valence-electron chi connectivity index (χ3n) is 6.56. The van der Waals surface area contributed by atoms with Crippen LogP contribution in [0.3, 0.4) is 0 Å². The van der Waals surface area contributed by atoms with Crippen LogP contribution in [0.1, 0.15) is 17.7 Å². The molecular weight excluding hydrogens is 544 g/mol. The van der Waals surface area contributed by atoms with E-state index in [9.17, 15) is 8.42 Å². The summed E-state index contributed by atoms with van der Waals surface area (Å²) in [7, 11) is -0.855. The molecule has 1 saturated heterocycles. The molecule has 1 N–H and O–H groups in total. The first-order chi connectivity index (χ1) is 18.9. The van der Waals surface area contributed by atoms with Crippen LogP contribution in [0.5, 0.6) is 11.5 Å². The van der Waals surface area contributed by atoms with Crippen molar-refractivity contribution in [2.45, 2.75) is 19.3 Å². The summed E-state index contributed by atoms with van der Waals surface area (Å²) in [5.74, 6) is 1.27. The van der Waals surface area contributed by atoms with E-state index in [4.69, 9.17) is 25.5 Å². The molecule has 0 amide bonds. The van der Waals surface area contributed by atoms with Crippen LogP contribution in [-0.4, -0.2) is 72.7 Å². The van der Waals surface area contributed by atoms with Crippen LogP contribution in [0.25, 0.3) is 17.3 Å². The number of nitrogens with one attached hydrogen (secondary N) is 1. The molecule has 0 aliphatic carbocycles. The van der Waals surface area contributed by atoms with Crippen LogP contribution in [0, 0.1) is 0 Å². The van der Waals surface area contributed by atoms with Gasteiger partial charge in [0.05, 0.1) is 31.3 Å². The van der Waals surface area contributed by atoms with Gasteiger partial charge in [-0.25, -0.2) is 8.42 Å². The number of para-hydroxylation sites is 1. The van der Waals surface area contributed by atoms with Crippen molar-refractivity contribution >= 4 is 27.6 Å². The first kappa shape index (κ1) is 27.0. The van der Waals surface area contributed by atoms with Crippen LogP contribution in [-0.2, 0) is 22.9 Å². The van der Waals surface area contributed by atoms with Gasteiger partial charge in [0.1, 0.15) is 17.2 Å². The number of hydrogen-bond donors (Lipinski definition) is 1. The topological polar surface area (TPSA) is 125 Å². The monoisotopic (exact) mass is 572 g/mol. The number of aryl methyl sites for hydroxylation is 1. The quantitative estimate of drug-likeness (QED) is 0.270. The SMILES string of the molecule is COc1cccc(OC)c1-n1c(NS(=O)(=O)CCc2ncc(Cl)cc2CCN2CCC2)nnc1-c1ccco1. The van der Waals surface area contributed by atoms with E-state index in [1.54, 1.807) is 36.5 Å². The van der Waals surface area contributed by atoms with Crippen molar-refractivity contribution in [2.75, 3.05) is 44.3 Å². The van der Waals surface area contributed by atoms with E-state index in [0.29, 0.717) is 33.7 Å². The molecule has 1 aromatic carbocycles. The minimum atomic E-state index is -3.88. The first-order valence-corrected chi connectivity index (χ1v) is 14.5. The molecule has 0 spiro atoms. The van der Waals surface area contributed by atoms with Crippen molar-refractivity contribution in [3.63, 3.8) is 0 Å². The predicted octanol–water partition coefficient (Wildman–Crippen LogP) is 3.83. The van der Waals surface area contributed by atoms with Crippen molar-refractivity contribution in [2.24, 2.45) is 0 Å². The second-order valence-corrected chi connectivity index (χ2v) is 11.3. The van der Waals surface area contributed by atoms with Crippen LogP contribution in [0.15, 0.2) is 53.3 Å². The number of rotatable bonds is 12. The van der Waals surface area contributed by atoms with Crippen molar-refractivity contribution in [3.8, 4) is 28.8 Å². The van der Waals surface area contributed by atoms with Gasteiger partial charge in [-0.2, -0.15) is 0 Å². The van der Waals surface area contributed by atoms with Gasteiger partial charge in [0, 0.05) is 24.9 Å². The molecule has 1 aliphatic heterocycles. The van der Waals surface area contributed by atoms with Gasteiger partial charge in [0.15, 0.2) is 5.76 Å². The van der Waals surface area contributed by atoms with Crippen LogP contribution >= 0.6 is 11.6 Å². The number of likely N-dealkylation sites (tertiary alicyclic amines) is 1. The number of nitrogens with zero attached hydrogens (tertiary/aromatic N) is 5. The lowest BCUT2D eigenvalue weighted by molar-refractivity contribution is 0.184. The molecule has 39 heavy (non-hydrogen) atoms. The Kier molecular flexibility index (Phi) is 8.05. The van der Waals surface area contributed by atoms with E-state index in [-0.39, 0.29) is 23.9 Å². The number of anilines is 1. The highest BCUT2D eigenvalue weighted by Crippen LogP contribution is 2.37. The number of furan rings is 1. The second kappa shape index (κ2) is 11.6. The molecule has 0 unspecified atom stereocenters. The second-order valence-electron chi connectivity index (χ2n) is 9.05. The number of ether oxygens (including phenoxy) is 2. The fourth-order valence-electron chi connectivity index (χ4n) is 4.44. The molecule has 0 bridgehead atoms. The third kappa shape index (κ3) is 6.02. The number of aromatic nitrogens is 4. The van der Waals surface area contributed by atoms with Crippen molar-refractivity contribution < 1.29 is 22.3 Å². The lowest BCUT2D eigenvalue weighted by Gasteiger charge is -2.30. The van der Waals surface area contributed by atoms with Crippen LogP contribution in [0.2, 0.25) is 5.02 Å². The highest BCUT2D eigenvalue weighted by atomic mass is 35.5. The van der Waals surface area contributed by atoms with E-state index < -0.39 is 10.0 Å². The van der Waals surface area contributed by atoms with E-state index in [2.05, 4.69) is 24.8 Å². The van der Waals surface area contributed by atoms with E-state index >= 15 is 0 Å². The highest BCUT2D eigenvalue weighted by molar-refractivity contribution is 7.92. The zero-order valence-corrected chi connectivity index (χ0v) is 23.2. The maximum Gasteiger partial charge on any atom is 0.243 e. The first-order valence-electron chi connectivity index (χ1n) is 12.5. The number of pyridine rings is 1. The van der Waals surface area contributed by atoms with E-state index in [0.717, 1.165) is 31.6 Å². The van der Waals surface area contributed by atoms with Gasteiger partial charge in [-0.3, -0.25) is 14.3 Å². The Bertz CT molecular complexity index is 1510. The summed E-state index contributed by atoms with van der Waals surface area (Å²) < 4.78 is 47.4. The molecule has 1 fully saturated rings. The molecular formula is C26H29ClN6O5S. The minimum absolute atomic E-state index is 0.0359. The predicted molar refractivity (Wildman–Crippen MR) is 147 cm³/mol. The summed E-state index contributed by atoms with van der Waals surface area (Å²) in [6, 6.07) is 10.5. The lowest BCUT2D eigenvalue weighted by Crippen LogP contribution is -2.38. The van der Waals surface area contributed by atoms with Gasteiger partial charge in [-0.05, 0) is 61.8 Å². The molecule has 206 valence electrons. The average Bonchev–Trinajstić information content (AvgIpc) is 3.56. The standard InChI is InChI=1S/C26H29ClN6O5S/c1-36-21-6-3-7-22(37-2)24(21)33-25(23-8-4-14-38-23)29-30-26(33)31-39(34,35)15-10-20-18(16-19(27)17-28-20)9-13-32-11-5-12-32/h3-4,6-8,14,16-17H,5,9-13,15H2,1-2H3,(H,30,31). The molecule has 3 aromatic heterocycles. The Balaban J connectivity index is 1.43. The summed E-state index contributed by atoms with van der Waals surface area (Å²) >= 11 is 6.19. The molecule has 13 heteroatoms. The maximum atomic E-state index is 13.3. The van der Waals surface area contributed by atoms with Crippen molar-refractivity contribution in [3.05, 3.63) is 65.1 Å². The van der Waals surface area contributed by atoms with Crippen LogP contribution < -0.4 is 14.2 Å². The summed E-state index contributed by atoms with van der Waals surface area (Å²) in [6.45, 7) is 3.05. The van der Waals surface area contributed by atoms with E-state index in [1.807, 2.05) is 6.07 Å². The number of methoxy groups -OCH3 is 2. The largest absolute Gasteiger partial charge is 0.494 e. The smallest absolute Gasteiger partial charge is 0.243 e. The Morgan fingerprint density at radius 3 is 2.49 bits per heavy atom. The minimum Gasteiger partial charge on any atom is -0.494 e.